The van der Waals surface area contributed by atoms with Crippen molar-refractivity contribution >= 4 is 28.5 Å². The molecule has 0 saturated heterocycles. The maximum Gasteiger partial charge on any atom is 0.252 e. The Kier molecular flexibility index (Phi) is 6.57. The molecule has 2 aromatic carbocycles. The highest BCUT2D eigenvalue weighted by molar-refractivity contribution is 14.1. The van der Waals surface area contributed by atoms with E-state index in [4.69, 9.17) is 9.47 Å². The van der Waals surface area contributed by atoms with Crippen LogP contribution in [-0.4, -0.2) is 20.1 Å². The van der Waals surface area contributed by atoms with Crippen molar-refractivity contribution in [2.75, 3.05) is 14.2 Å². The molecule has 0 heterocycles. The van der Waals surface area contributed by atoms with E-state index >= 15 is 0 Å². The van der Waals surface area contributed by atoms with E-state index in [-0.39, 0.29) is 17.8 Å². The summed E-state index contributed by atoms with van der Waals surface area (Å²) in [7, 11) is 3.12. The van der Waals surface area contributed by atoms with Crippen LogP contribution in [0.15, 0.2) is 36.4 Å². The molecule has 4 nitrogen and oxygen atoms in total. The van der Waals surface area contributed by atoms with Gasteiger partial charge in [-0.15, -0.1) is 0 Å². The highest BCUT2D eigenvalue weighted by Crippen LogP contribution is 2.37. The van der Waals surface area contributed by atoms with Gasteiger partial charge in [0.2, 0.25) is 0 Å². The van der Waals surface area contributed by atoms with Crippen LogP contribution in [0.2, 0.25) is 0 Å². The molecule has 0 spiro atoms. The number of methoxy groups -OCH3 is 2. The molecule has 0 aliphatic heterocycles. The summed E-state index contributed by atoms with van der Waals surface area (Å²) in [5, 5.41) is 3.18. The second-order valence-corrected chi connectivity index (χ2v) is 7.90. The molecule has 144 valence electrons. The first-order valence-electron chi connectivity index (χ1n) is 9.01. The second kappa shape index (κ2) is 8.91. The number of hydrogen-bond donors (Lipinski definition) is 1. The van der Waals surface area contributed by atoms with Crippen molar-refractivity contribution in [3.63, 3.8) is 0 Å². The van der Waals surface area contributed by atoms with Gasteiger partial charge in [-0.3, -0.25) is 4.79 Å². The summed E-state index contributed by atoms with van der Waals surface area (Å²) in [6.07, 6.45) is 4.44. The number of ether oxygens (including phenoxy) is 2. The quantitative estimate of drug-likeness (QED) is 0.582. The van der Waals surface area contributed by atoms with Gasteiger partial charge in [0, 0.05) is 3.57 Å². The van der Waals surface area contributed by atoms with Crippen molar-refractivity contribution in [2.24, 2.45) is 5.92 Å². The topological polar surface area (TPSA) is 47.6 Å². The molecule has 27 heavy (non-hydrogen) atoms. The fraction of sp³-hybridized carbons (Fsp3) is 0.381. The molecule has 1 fully saturated rings. The molecule has 6 heteroatoms. The lowest BCUT2D eigenvalue weighted by Crippen LogP contribution is -2.33. The number of halogens is 2. The van der Waals surface area contributed by atoms with Crippen LogP contribution in [0.25, 0.3) is 0 Å². The van der Waals surface area contributed by atoms with Crippen LogP contribution < -0.4 is 14.8 Å². The average molecular weight is 483 g/mol. The Morgan fingerprint density at radius 2 is 1.70 bits per heavy atom. The molecule has 0 radical (unpaired) electrons. The molecule has 1 aliphatic rings. The van der Waals surface area contributed by atoms with Crippen molar-refractivity contribution in [2.45, 2.75) is 31.7 Å². The summed E-state index contributed by atoms with van der Waals surface area (Å²) in [5.74, 6) is 1.02. The number of hydrogen-bond acceptors (Lipinski definition) is 3. The lowest BCUT2D eigenvalue weighted by atomic mass is 9.91. The van der Waals surface area contributed by atoms with Crippen molar-refractivity contribution in [3.8, 4) is 11.5 Å². The van der Waals surface area contributed by atoms with E-state index in [1.807, 2.05) is 0 Å². The van der Waals surface area contributed by atoms with Gasteiger partial charge in [-0.1, -0.05) is 25.0 Å². The molecule has 0 aromatic heterocycles. The monoisotopic (exact) mass is 483 g/mol. The van der Waals surface area contributed by atoms with Crippen molar-refractivity contribution in [1.82, 2.24) is 5.32 Å². The van der Waals surface area contributed by atoms with Gasteiger partial charge in [0.25, 0.3) is 5.91 Å². The van der Waals surface area contributed by atoms with Crippen LogP contribution in [0.5, 0.6) is 11.5 Å². The molecule has 0 bridgehead atoms. The number of carbonyl (C=O) groups excluding carboxylic acids is 1. The second-order valence-electron chi connectivity index (χ2n) is 6.73. The van der Waals surface area contributed by atoms with Crippen LogP contribution >= 0.6 is 22.6 Å². The van der Waals surface area contributed by atoms with Crippen LogP contribution in [-0.2, 0) is 0 Å². The molecular weight excluding hydrogens is 460 g/mol. The Bertz CT molecular complexity index is 804. The molecule has 1 amide bonds. The zero-order valence-corrected chi connectivity index (χ0v) is 17.6. The van der Waals surface area contributed by atoms with Crippen molar-refractivity contribution in [3.05, 3.63) is 56.9 Å². The number of benzene rings is 2. The maximum atomic E-state index is 13.3. The normalized spacial score (nSPS) is 15.4. The lowest BCUT2D eigenvalue weighted by molar-refractivity contribution is 0.0920. The largest absolute Gasteiger partial charge is 0.493 e. The van der Waals surface area contributed by atoms with Gasteiger partial charge in [-0.05, 0) is 71.2 Å². The first-order valence-corrected chi connectivity index (χ1v) is 10.1. The smallest absolute Gasteiger partial charge is 0.252 e. The third-order valence-electron chi connectivity index (χ3n) is 5.10. The molecule has 1 unspecified atom stereocenters. The Morgan fingerprint density at radius 3 is 2.30 bits per heavy atom. The number of rotatable bonds is 6. The van der Waals surface area contributed by atoms with E-state index in [0.29, 0.717) is 23.0 Å². The van der Waals surface area contributed by atoms with Crippen LogP contribution in [0.3, 0.4) is 0 Å². The molecule has 1 atom stereocenters. The number of amides is 1. The molecule has 2 aromatic rings. The zero-order valence-electron chi connectivity index (χ0n) is 15.4. The highest BCUT2D eigenvalue weighted by atomic mass is 127. The van der Waals surface area contributed by atoms with E-state index in [9.17, 15) is 9.18 Å². The zero-order chi connectivity index (χ0) is 19.4. The standard InChI is InChI=1S/C21H23FINO3/c1-26-18-11-16(17(23)12-19(18)27-2)21(25)24-20(13-5-3-4-6-13)14-7-9-15(22)10-8-14/h7-13,20H,3-6H2,1-2H3,(H,24,25). The maximum absolute atomic E-state index is 13.3. The van der Waals surface area contributed by atoms with Crippen LogP contribution in [0.1, 0.15) is 47.6 Å². The SMILES string of the molecule is COc1cc(I)c(C(=O)NC(c2ccc(F)cc2)C2CCCC2)cc1OC. The van der Waals surface area contributed by atoms with Crippen molar-refractivity contribution < 1.29 is 18.7 Å². The van der Waals surface area contributed by atoms with Gasteiger partial charge in [-0.25, -0.2) is 4.39 Å². The highest BCUT2D eigenvalue weighted by Gasteiger charge is 2.29. The minimum Gasteiger partial charge on any atom is -0.493 e. The Morgan fingerprint density at radius 1 is 1.11 bits per heavy atom. The summed E-state index contributed by atoms with van der Waals surface area (Å²) in [4.78, 5) is 13.1. The van der Waals surface area contributed by atoms with Gasteiger partial charge < -0.3 is 14.8 Å². The van der Waals surface area contributed by atoms with E-state index in [0.717, 1.165) is 34.8 Å². The fourth-order valence-electron chi connectivity index (χ4n) is 3.68. The lowest BCUT2D eigenvalue weighted by Gasteiger charge is -2.26. The van der Waals surface area contributed by atoms with E-state index in [2.05, 4.69) is 27.9 Å². The Balaban J connectivity index is 1.89. The molecular formula is C21H23FINO3. The summed E-state index contributed by atoms with van der Waals surface area (Å²) in [6, 6.07) is 9.77. The first kappa shape index (κ1) is 19.9. The van der Waals surface area contributed by atoms with E-state index in [1.165, 1.54) is 12.1 Å². The molecule has 1 saturated carbocycles. The molecule has 3 rings (SSSR count). The van der Waals surface area contributed by atoms with E-state index in [1.54, 1.807) is 38.5 Å². The minimum atomic E-state index is -0.273. The Labute approximate surface area is 172 Å². The molecule has 1 aliphatic carbocycles. The van der Waals surface area contributed by atoms with E-state index < -0.39 is 0 Å². The van der Waals surface area contributed by atoms with Crippen LogP contribution in [0.4, 0.5) is 4.39 Å². The number of carbonyl (C=O) groups is 1. The van der Waals surface area contributed by atoms with Gasteiger partial charge in [-0.2, -0.15) is 0 Å². The first-order chi connectivity index (χ1) is 13.0. The summed E-state index contributed by atoms with van der Waals surface area (Å²) >= 11 is 2.13. The summed E-state index contributed by atoms with van der Waals surface area (Å²) in [5.41, 5.74) is 1.48. The van der Waals surface area contributed by atoms with Gasteiger partial charge in [0.1, 0.15) is 5.82 Å². The summed E-state index contributed by atoms with van der Waals surface area (Å²) in [6.45, 7) is 0. The van der Waals surface area contributed by atoms with Gasteiger partial charge in [0.15, 0.2) is 11.5 Å². The third kappa shape index (κ3) is 4.54. The molecule has 1 N–H and O–H groups in total. The predicted octanol–water partition coefficient (Wildman–Crippen LogP) is 5.11. The summed E-state index contributed by atoms with van der Waals surface area (Å²) < 4.78 is 24.8. The minimum absolute atomic E-state index is 0.135. The average Bonchev–Trinajstić information content (AvgIpc) is 3.21. The third-order valence-corrected chi connectivity index (χ3v) is 6.00. The van der Waals surface area contributed by atoms with Crippen LogP contribution in [0, 0.1) is 15.3 Å². The fourth-order valence-corrected chi connectivity index (χ4v) is 4.36. The van der Waals surface area contributed by atoms with Crippen molar-refractivity contribution in [1.29, 1.82) is 0 Å². The Hall–Kier alpha value is -1.83. The number of nitrogens with one attached hydrogen (secondary N) is 1. The van der Waals surface area contributed by atoms with Gasteiger partial charge >= 0.3 is 0 Å². The predicted molar refractivity (Wildman–Crippen MR) is 111 cm³/mol. The van der Waals surface area contributed by atoms with Gasteiger partial charge in [0.05, 0.1) is 25.8 Å².